The van der Waals surface area contributed by atoms with Crippen LogP contribution in [0.3, 0.4) is 0 Å². The number of methoxy groups -OCH3 is 1. The molecule has 4 heteroatoms. The minimum absolute atomic E-state index is 0.389. The van der Waals surface area contributed by atoms with Crippen molar-refractivity contribution in [3.8, 4) is 5.75 Å². The Balaban J connectivity index is 1.89. The Kier molecular flexibility index (Phi) is 3.24. The van der Waals surface area contributed by atoms with Crippen molar-refractivity contribution in [1.82, 2.24) is 0 Å². The van der Waals surface area contributed by atoms with E-state index in [9.17, 15) is 0 Å². The number of rotatable bonds is 2. The van der Waals surface area contributed by atoms with Gasteiger partial charge in [-0.15, -0.1) is 0 Å². The highest BCUT2D eigenvalue weighted by Gasteiger charge is 2.39. The van der Waals surface area contributed by atoms with E-state index in [0.717, 1.165) is 23.1 Å². The molecule has 2 heterocycles. The second-order valence-corrected chi connectivity index (χ2v) is 6.20. The predicted molar refractivity (Wildman–Crippen MR) is 77.2 cm³/mol. The first kappa shape index (κ1) is 12.3. The van der Waals surface area contributed by atoms with E-state index in [2.05, 4.69) is 33.0 Å². The Labute approximate surface area is 116 Å². The van der Waals surface area contributed by atoms with Gasteiger partial charge in [-0.3, -0.25) is 0 Å². The maximum Gasteiger partial charge on any atom is 0.133 e. The van der Waals surface area contributed by atoms with E-state index >= 15 is 0 Å². The fraction of sp³-hybridized carbons (Fsp3) is 0.571. The molecule has 18 heavy (non-hydrogen) atoms. The van der Waals surface area contributed by atoms with Gasteiger partial charge in [0.25, 0.3) is 0 Å². The third kappa shape index (κ3) is 2.01. The molecule has 3 nitrogen and oxygen atoms in total. The summed E-state index contributed by atoms with van der Waals surface area (Å²) in [5.41, 5.74) is 7.41. The Morgan fingerprint density at radius 2 is 1.94 bits per heavy atom. The summed E-state index contributed by atoms with van der Waals surface area (Å²) in [6.45, 7) is 0. The van der Waals surface area contributed by atoms with E-state index in [1.54, 1.807) is 7.11 Å². The van der Waals surface area contributed by atoms with Crippen molar-refractivity contribution in [2.45, 2.75) is 43.8 Å². The van der Waals surface area contributed by atoms with Crippen molar-refractivity contribution < 1.29 is 4.74 Å². The Hall–Kier alpha value is -0.740. The molecule has 3 rings (SSSR count). The highest BCUT2D eigenvalue weighted by Crippen LogP contribution is 2.40. The summed E-state index contributed by atoms with van der Waals surface area (Å²) in [5.74, 6) is 0.889. The highest BCUT2D eigenvalue weighted by atomic mass is 79.9. The lowest BCUT2D eigenvalue weighted by molar-refractivity contribution is 0.408. The summed E-state index contributed by atoms with van der Waals surface area (Å²) in [7, 11) is 1.70. The van der Waals surface area contributed by atoms with Gasteiger partial charge in [0.1, 0.15) is 5.75 Å². The van der Waals surface area contributed by atoms with Gasteiger partial charge in [0.2, 0.25) is 0 Å². The second kappa shape index (κ2) is 4.74. The van der Waals surface area contributed by atoms with Crippen LogP contribution in [0.5, 0.6) is 5.75 Å². The van der Waals surface area contributed by atoms with Gasteiger partial charge in [-0.25, -0.2) is 0 Å². The molecule has 0 amide bonds. The molecule has 2 aliphatic heterocycles. The van der Waals surface area contributed by atoms with E-state index in [-0.39, 0.29) is 0 Å². The lowest BCUT2D eigenvalue weighted by atomic mass is 9.97. The standard InChI is InChI=1S/C14H19BrN2O/c1-18-14-5-4-12(8-13(14)15)17-10-2-3-11(17)7-9(16)6-10/h4-5,8-11H,2-3,6-7,16H2,1H3. The summed E-state index contributed by atoms with van der Waals surface area (Å²) >= 11 is 3.57. The Morgan fingerprint density at radius 3 is 2.50 bits per heavy atom. The van der Waals surface area contributed by atoms with Crippen LogP contribution < -0.4 is 15.4 Å². The van der Waals surface area contributed by atoms with Crippen molar-refractivity contribution in [1.29, 1.82) is 0 Å². The fourth-order valence-electron chi connectivity index (χ4n) is 3.46. The summed E-state index contributed by atoms with van der Waals surface area (Å²) < 4.78 is 6.31. The molecule has 2 unspecified atom stereocenters. The van der Waals surface area contributed by atoms with E-state index in [4.69, 9.17) is 10.5 Å². The number of piperidine rings is 1. The monoisotopic (exact) mass is 310 g/mol. The zero-order chi connectivity index (χ0) is 12.7. The minimum atomic E-state index is 0.389. The number of nitrogens with zero attached hydrogens (tertiary/aromatic N) is 1. The number of ether oxygens (including phenoxy) is 1. The molecule has 0 spiro atoms. The predicted octanol–water partition coefficient (Wildman–Crippen LogP) is 2.92. The number of halogens is 1. The average molecular weight is 311 g/mol. The summed E-state index contributed by atoms with van der Waals surface area (Å²) in [6, 6.07) is 8.00. The maximum atomic E-state index is 6.12. The van der Waals surface area contributed by atoms with Crippen LogP contribution >= 0.6 is 15.9 Å². The van der Waals surface area contributed by atoms with Crippen LogP contribution in [0.25, 0.3) is 0 Å². The first-order valence-corrected chi connectivity index (χ1v) is 7.36. The van der Waals surface area contributed by atoms with E-state index < -0.39 is 0 Å². The van der Waals surface area contributed by atoms with Crippen LogP contribution in [-0.4, -0.2) is 25.2 Å². The third-order valence-electron chi connectivity index (χ3n) is 4.20. The first-order valence-electron chi connectivity index (χ1n) is 6.56. The Bertz CT molecular complexity index is 437. The van der Waals surface area contributed by atoms with Crippen molar-refractivity contribution in [2.24, 2.45) is 5.73 Å². The highest BCUT2D eigenvalue weighted by molar-refractivity contribution is 9.10. The SMILES string of the molecule is COc1ccc(N2C3CCC2CC(N)C3)cc1Br. The fourth-order valence-corrected chi connectivity index (χ4v) is 3.99. The normalized spacial score (nSPS) is 30.6. The zero-order valence-electron chi connectivity index (χ0n) is 10.6. The van der Waals surface area contributed by atoms with Gasteiger partial charge in [0.05, 0.1) is 11.6 Å². The van der Waals surface area contributed by atoms with Gasteiger partial charge < -0.3 is 15.4 Å². The number of benzene rings is 1. The third-order valence-corrected chi connectivity index (χ3v) is 4.82. The van der Waals surface area contributed by atoms with Crippen molar-refractivity contribution in [3.05, 3.63) is 22.7 Å². The topological polar surface area (TPSA) is 38.5 Å². The number of hydrogen-bond acceptors (Lipinski definition) is 3. The van der Waals surface area contributed by atoms with Gasteiger partial charge in [0, 0.05) is 23.8 Å². The molecular formula is C14H19BrN2O. The van der Waals surface area contributed by atoms with Crippen LogP contribution in [0.15, 0.2) is 22.7 Å². The van der Waals surface area contributed by atoms with Gasteiger partial charge in [-0.1, -0.05) is 0 Å². The number of hydrogen-bond donors (Lipinski definition) is 1. The minimum Gasteiger partial charge on any atom is -0.496 e. The van der Waals surface area contributed by atoms with Gasteiger partial charge in [0.15, 0.2) is 0 Å². The molecule has 2 bridgehead atoms. The van der Waals surface area contributed by atoms with Crippen LogP contribution in [0.4, 0.5) is 5.69 Å². The molecule has 2 fully saturated rings. The number of anilines is 1. The molecular weight excluding hydrogens is 292 g/mol. The van der Waals surface area contributed by atoms with Gasteiger partial charge in [-0.2, -0.15) is 0 Å². The summed E-state index contributed by atoms with van der Waals surface area (Å²) in [5, 5.41) is 0. The van der Waals surface area contributed by atoms with Crippen LogP contribution in [-0.2, 0) is 0 Å². The molecule has 98 valence electrons. The molecule has 2 aliphatic rings. The lowest BCUT2D eigenvalue weighted by Gasteiger charge is -2.39. The zero-order valence-corrected chi connectivity index (χ0v) is 12.2. The summed E-state index contributed by atoms with van der Waals surface area (Å²) in [6.07, 6.45) is 4.81. The smallest absolute Gasteiger partial charge is 0.133 e. The van der Waals surface area contributed by atoms with Crippen LogP contribution in [0.2, 0.25) is 0 Å². The molecule has 2 N–H and O–H groups in total. The molecule has 1 aromatic rings. The second-order valence-electron chi connectivity index (χ2n) is 5.34. The molecule has 0 aliphatic carbocycles. The van der Waals surface area contributed by atoms with E-state index in [1.807, 2.05) is 6.07 Å². The van der Waals surface area contributed by atoms with Crippen molar-refractivity contribution in [3.63, 3.8) is 0 Å². The first-order chi connectivity index (χ1) is 8.69. The molecule has 2 saturated heterocycles. The largest absolute Gasteiger partial charge is 0.496 e. The summed E-state index contributed by atoms with van der Waals surface area (Å²) in [4.78, 5) is 2.56. The van der Waals surface area contributed by atoms with E-state index in [1.165, 1.54) is 18.5 Å². The Morgan fingerprint density at radius 1 is 1.28 bits per heavy atom. The van der Waals surface area contributed by atoms with E-state index in [0.29, 0.717) is 18.1 Å². The molecule has 2 atom stereocenters. The average Bonchev–Trinajstić information content (AvgIpc) is 2.61. The van der Waals surface area contributed by atoms with Gasteiger partial charge in [-0.05, 0) is 59.8 Å². The molecule has 0 saturated carbocycles. The van der Waals surface area contributed by atoms with Crippen LogP contribution in [0, 0.1) is 0 Å². The van der Waals surface area contributed by atoms with Crippen molar-refractivity contribution >= 4 is 21.6 Å². The quantitative estimate of drug-likeness (QED) is 0.913. The van der Waals surface area contributed by atoms with Crippen molar-refractivity contribution in [2.75, 3.05) is 12.0 Å². The molecule has 0 radical (unpaired) electrons. The van der Waals surface area contributed by atoms with Crippen LogP contribution in [0.1, 0.15) is 25.7 Å². The number of nitrogens with two attached hydrogens (primary N) is 1. The molecule has 1 aromatic carbocycles. The molecule has 0 aromatic heterocycles. The number of fused-ring (bicyclic) bond motifs is 2. The van der Waals surface area contributed by atoms with Gasteiger partial charge >= 0.3 is 0 Å². The lowest BCUT2D eigenvalue weighted by Crippen LogP contribution is -2.47. The maximum absolute atomic E-state index is 6.12.